The highest BCUT2D eigenvalue weighted by Gasteiger charge is 2.32. The van der Waals surface area contributed by atoms with Crippen LogP contribution in [0.15, 0.2) is 0 Å². The first-order chi connectivity index (χ1) is 6.56. The standard InChI is InChI=1S/C8H15BNO4/c10-8(4-6-11,7(12)13)3-1-2-5-9-14/h6,14H,1-5,10H2,(H,12,13). The summed E-state index contributed by atoms with van der Waals surface area (Å²) in [6.07, 6.45) is 2.35. The summed E-state index contributed by atoms with van der Waals surface area (Å²) in [6.45, 7) is 0. The van der Waals surface area contributed by atoms with Crippen LogP contribution in [0.1, 0.15) is 25.7 Å². The highest BCUT2D eigenvalue weighted by atomic mass is 16.4. The predicted octanol–water partition coefficient (Wildman–Crippen LogP) is -0.442. The van der Waals surface area contributed by atoms with Crippen LogP contribution >= 0.6 is 0 Å². The highest BCUT2D eigenvalue weighted by Crippen LogP contribution is 2.15. The number of aldehydes is 1. The van der Waals surface area contributed by atoms with Gasteiger partial charge in [-0.25, -0.2) is 0 Å². The van der Waals surface area contributed by atoms with E-state index in [1.807, 2.05) is 0 Å². The summed E-state index contributed by atoms with van der Waals surface area (Å²) in [5, 5.41) is 17.2. The van der Waals surface area contributed by atoms with E-state index < -0.39 is 11.5 Å². The van der Waals surface area contributed by atoms with Gasteiger partial charge in [0.25, 0.3) is 7.48 Å². The van der Waals surface area contributed by atoms with Crippen LogP contribution in [-0.4, -0.2) is 35.4 Å². The topological polar surface area (TPSA) is 101 Å². The van der Waals surface area contributed by atoms with Crippen molar-refractivity contribution in [1.82, 2.24) is 0 Å². The maximum absolute atomic E-state index is 10.7. The Balaban J connectivity index is 3.96. The summed E-state index contributed by atoms with van der Waals surface area (Å²) < 4.78 is 0. The molecule has 0 aliphatic rings. The normalized spacial score (nSPS) is 14.4. The van der Waals surface area contributed by atoms with Gasteiger partial charge >= 0.3 is 5.97 Å². The van der Waals surface area contributed by atoms with E-state index >= 15 is 0 Å². The summed E-state index contributed by atoms with van der Waals surface area (Å²) in [4.78, 5) is 21.0. The van der Waals surface area contributed by atoms with Crippen molar-refractivity contribution in [3.63, 3.8) is 0 Å². The Morgan fingerprint density at radius 3 is 2.57 bits per heavy atom. The third-order valence-corrected chi connectivity index (χ3v) is 2.08. The van der Waals surface area contributed by atoms with Crippen molar-refractivity contribution in [2.75, 3.05) is 0 Å². The first kappa shape index (κ1) is 13.1. The summed E-state index contributed by atoms with van der Waals surface area (Å²) >= 11 is 0. The fourth-order valence-corrected chi connectivity index (χ4v) is 1.12. The lowest BCUT2D eigenvalue weighted by molar-refractivity contribution is -0.144. The fraction of sp³-hybridized carbons (Fsp3) is 0.750. The number of unbranched alkanes of at least 4 members (excludes halogenated alkanes) is 1. The summed E-state index contributed by atoms with van der Waals surface area (Å²) in [5.41, 5.74) is 4.08. The molecule has 0 amide bonds. The van der Waals surface area contributed by atoms with Gasteiger partial charge in [0.2, 0.25) is 0 Å². The Kier molecular flexibility index (Phi) is 6.15. The average Bonchev–Trinajstić information content (AvgIpc) is 2.13. The Hall–Kier alpha value is -0.875. The van der Waals surface area contributed by atoms with Gasteiger partial charge in [0.1, 0.15) is 11.8 Å². The maximum Gasteiger partial charge on any atom is 0.324 e. The highest BCUT2D eigenvalue weighted by molar-refractivity contribution is 6.25. The van der Waals surface area contributed by atoms with Crippen LogP contribution in [0.5, 0.6) is 0 Å². The zero-order valence-corrected chi connectivity index (χ0v) is 7.98. The molecule has 14 heavy (non-hydrogen) atoms. The molecule has 0 fully saturated rings. The molecule has 4 N–H and O–H groups in total. The summed E-state index contributed by atoms with van der Waals surface area (Å²) in [6, 6.07) is 0. The number of rotatable bonds is 8. The lowest BCUT2D eigenvalue weighted by Crippen LogP contribution is -2.48. The van der Waals surface area contributed by atoms with E-state index in [-0.39, 0.29) is 12.8 Å². The molecular weight excluding hydrogens is 185 g/mol. The Morgan fingerprint density at radius 1 is 1.50 bits per heavy atom. The zero-order chi connectivity index (χ0) is 11.0. The van der Waals surface area contributed by atoms with Crippen molar-refractivity contribution in [1.29, 1.82) is 0 Å². The molecule has 1 atom stereocenters. The quantitative estimate of drug-likeness (QED) is 0.280. The fourth-order valence-electron chi connectivity index (χ4n) is 1.12. The number of carbonyl (C=O) groups is 2. The van der Waals surface area contributed by atoms with Gasteiger partial charge in [-0.3, -0.25) is 4.79 Å². The van der Waals surface area contributed by atoms with E-state index in [1.165, 1.54) is 0 Å². The minimum Gasteiger partial charge on any atom is -0.480 e. The van der Waals surface area contributed by atoms with Crippen LogP contribution in [0.4, 0.5) is 0 Å². The SMILES string of the molecule is NC(CC=O)(CCCC[B]O)C(=O)O. The van der Waals surface area contributed by atoms with Crippen LogP contribution in [0.2, 0.25) is 6.32 Å². The predicted molar refractivity (Wildman–Crippen MR) is 51.9 cm³/mol. The maximum atomic E-state index is 10.7. The van der Waals surface area contributed by atoms with Gasteiger partial charge in [0.05, 0.1) is 0 Å². The van der Waals surface area contributed by atoms with Gasteiger partial charge in [0.15, 0.2) is 0 Å². The lowest BCUT2D eigenvalue weighted by Gasteiger charge is -2.21. The number of hydrogen-bond donors (Lipinski definition) is 3. The molecule has 0 heterocycles. The van der Waals surface area contributed by atoms with Crippen molar-refractivity contribution < 1.29 is 19.7 Å². The number of carbonyl (C=O) groups excluding carboxylic acids is 1. The van der Waals surface area contributed by atoms with Crippen LogP contribution in [0.25, 0.3) is 0 Å². The molecule has 0 bridgehead atoms. The Labute approximate surface area is 83.6 Å². The number of hydrogen-bond acceptors (Lipinski definition) is 4. The number of nitrogens with two attached hydrogens (primary N) is 1. The van der Waals surface area contributed by atoms with Crippen LogP contribution in [0, 0.1) is 0 Å². The molecule has 0 saturated heterocycles. The molecule has 0 rings (SSSR count). The van der Waals surface area contributed by atoms with E-state index in [0.29, 0.717) is 25.4 Å². The second kappa shape index (κ2) is 6.56. The first-order valence-electron chi connectivity index (χ1n) is 4.48. The minimum absolute atomic E-state index is 0.175. The van der Waals surface area contributed by atoms with E-state index in [9.17, 15) is 9.59 Å². The van der Waals surface area contributed by atoms with E-state index in [4.69, 9.17) is 15.9 Å². The molecule has 0 aromatic carbocycles. The monoisotopic (exact) mass is 200 g/mol. The van der Waals surface area contributed by atoms with Gasteiger partial charge in [-0.05, 0) is 6.42 Å². The third kappa shape index (κ3) is 4.39. The van der Waals surface area contributed by atoms with Gasteiger partial charge in [-0.15, -0.1) is 0 Å². The molecular formula is C8H15BNO4. The minimum atomic E-state index is -1.45. The van der Waals surface area contributed by atoms with Crippen molar-refractivity contribution in [3.05, 3.63) is 0 Å². The lowest BCUT2D eigenvalue weighted by atomic mass is 9.86. The van der Waals surface area contributed by atoms with Crippen LogP contribution in [0.3, 0.4) is 0 Å². The zero-order valence-electron chi connectivity index (χ0n) is 7.98. The van der Waals surface area contributed by atoms with E-state index in [0.717, 1.165) is 7.48 Å². The summed E-state index contributed by atoms with van der Waals surface area (Å²) in [5.74, 6) is -1.16. The van der Waals surface area contributed by atoms with Gasteiger partial charge in [0, 0.05) is 6.42 Å². The van der Waals surface area contributed by atoms with Crippen molar-refractivity contribution >= 4 is 19.7 Å². The molecule has 1 unspecified atom stereocenters. The average molecular weight is 200 g/mol. The molecule has 0 aliphatic heterocycles. The molecule has 79 valence electrons. The largest absolute Gasteiger partial charge is 0.480 e. The molecule has 0 aromatic rings. The second-order valence-electron chi connectivity index (χ2n) is 3.26. The smallest absolute Gasteiger partial charge is 0.324 e. The Bertz CT molecular complexity index is 200. The molecule has 0 saturated carbocycles. The Morgan fingerprint density at radius 2 is 2.14 bits per heavy atom. The molecule has 1 radical (unpaired) electrons. The second-order valence-corrected chi connectivity index (χ2v) is 3.26. The van der Waals surface area contributed by atoms with E-state index in [2.05, 4.69) is 0 Å². The summed E-state index contributed by atoms with van der Waals surface area (Å²) in [7, 11) is 1.03. The number of carboxylic acid groups (broad SMARTS) is 1. The van der Waals surface area contributed by atoms with Gasteiger partial charge in [-0.2, -0.15) is 0 Å². The molecule has 6 heteroatoms. The molecule has 0 spiro atoms. The van der Waals surface area contributed by atoms with Crippen molar-refractivity contribution in [2.24, 2.45) is 5.73 Å². The van der Waals surface area contributed by atoms with Crippen LogP contribution < -0.4 is 5.73 Å². The first-order valence-corrected chi connectivity index (χ1v) is 4.48. The molecule has 0 aromatic heterocycles. The number of aliphatic carboxylic acids is 1. The number of carboxylic acids is 1. The molecule has 5 nitrogen and oxygen atoms in total. The van der Waals surface area contributed by atoms with Gasteiger partial charge in [-0.1, -0.05) is 19.2 Å². The van der Waals surface area contributed by atoms with E-state index in [1.54, 1.807) is 0 Å². The molecule has 0 aliphatic carbocycles. The van der Waals surface area contributed by atoms with Crippen molar-refractivity contribution in [2.45, 2.75) is 37.5 Å². The van der Waals surface area contributed by atoms with Crippen molar-refractivity contribution in [3.8, 4) is 0 Å². The van der Waals surface area contributed by atoms with Crippen LogP contribution in [-0.2, 0) is 9.59 Å². The van der Waals surface area contributed by atoms with Gasteiger partial charge < -0.3 is 20.7 Å². The third-order valence-electron chi connectivity index (χ3n) is 2.08.